The lowest BCUT2D eigenvalue weighted by atomic mass is 10.2. The van der Waals surface area contributed by atoms with E-state index in [1.165, 1.54) is 11.3 Å². The molecule has 7 heteroatoms. The van der Waals surface area contributed by atoms with Crippen molar-refractivity contribution in [3.8, 4) is 10.6 Å². The van der Waals surface area contributed by atoms with Gasteiger partial charge in [0, 0.05) is 16.9 Å². The van der Waals surface area contributed by atoms with E-state index < -0.39 is 6.04 Å². The van der Waals surface area contributed by atoms with Crippen LogP contribution in [0, 0.1) is 6.92 Å². The van der Waals surface area contributed by atoms with E-state index in [9.17, 15) is 9.59 Å². The Morgan fingerprint density at radius 2 is 2.26 bits per heavy atom. The lowest BCUT2D eigenvalue weighted by Crippen LogP contribution is -2.41. The minimum Gasteiger partial charge on any atom is -0.349 e. The van der Waals surface area contributed by atoms with Crippen LogP contribution in [0.4, 0.5) is 0 Å². The molecule has 0 radical (unpaired) electrons. The molecule has 0 aliphatic carbocycles. The third kappa shape index (κ3) is 3.54. The number of hydrogen-bond acceptors (Lipinski definition) is 4. The lowest BCUT2D eigenvalue weighted by molar-refractivity contribution is -0.125. The Balaban J connectivity index is 1.68. The molecule has 2 heterocycles. The summed E-state index contributed by atoms with van der Waals surface area (Å²) in [4.78, 5) is 28.7. The second-order valence-corrected chi connectivity index (χ2v) is 6.87. The summed E-state index contributed by atoms with van der Waals surface area (Å²) in [5, 5.41) is 7.03. The molecule has 2 N–H and O–H groups in total. The predicted molar refractivity (Wildman–Crippen MR) is 90.3 cm³/mol. The summed E-state index contributed by atoms with van der Waals surface area (Å²) in [6.45, 7) is 2.31. The fourth-order valence-electron chi connectivity index (χ4n) is 2.44. The van der Waals surface area contributed by atoms with Crippen molar-refractivity contribution in [3.05, 3.63) is 39.9 Å². The molecule has 1 aliphatic rings. The van der Waals surface area contributed by atoms with Crippen LogP contribution in [0.2, 0.25) is 5.02 Å². The molecule has 1 aromatic carbocycles. The van der Waals surface area contributed by atoms with Crippen molar-refractivity contribution in [1.29, 1.82) is 0 Å². The van der Waals surface area contributed by atoms with Gasteiger partial charge in [0.25, 0.3) is 0 Å². The van der Waals surface area contributed by atoms with Crippen LogP contribution in [0.15, 0.2) is 24.3 Å². The zero-order chi connectivity index (χ0) is 16.4. The molecule has 2 aromatic rings. The molecule has 1 atom stereocenters. The summed E-state index contributed by atoms with van der Waals surface area (Å²) in [6, 6.07) is 7.14. The van der Waals surface area contributed by atoms with Gasteiger partial charge in [0.1, 0.15) is 11.0 Å². The number of halogens is 1. The van der Waals surface area contributed by atoms with Crippen LogP contribution in [0.3, 0.4) is 0 Å². The van der Waals surface area contributed by atoms with Crippen molar-refractivity contribution >= 4 is 34.8 Å². The number of aromatic nitrogens is 1. The van der Waals surface area contributed by atoms with E-state index in [2.05, 4.69) is 15.6 Å². The van der Waals surface area contributed by atoms with Gasteiger partial charge in [-0.15, -0.1) is 11.3 Å². The van der Waals surface area contributed by atoms with Gasteiger partial charge in [-0.1, -0.05) is 29.8 Å². The zero-order valence-electron chi connectivity index (χ0n) is 12.6. The maximum Gasteiger partial charge on any atom is 0.242 e. The maximum atomic E-state index is 12.0. The van der Waals surface area contributed by atoms with Gasteiger partial charge in [0.05, 0.1) is 17.3 Å². The number of nitrogens with zero attached hydrogens (tertiary/aromatic N) is 1. The Morgan fingerprint density at radius 3 is 2.96 bits per heavy atom. The highest BCUT2D eigenvalue weighted by Crippen LogP contribution is 2.32. The van der Waals surface area contributed by atoms with Crippen molar-refractivity contribution in [2.45, 2.75) is 32.4 Å². The van der Waals surface area contributed by atoms with E-state index in [0.717, 1.165) is 21.1 Å². The second-order valence-electron chi connectivity index (χ2n) is 5.38. The van der Waals surface area contributed by atoms with Crippen LogP contribution < -0.4 is 10.6 Å². The molecule has 5 nitrogen and oxygen atoms in total. The quantitative estimate of drug-likeness (QED) is 0.891. The number of nitrogens with one attached hydrogen (secondary N) is 2. The molecule has 1 saturated heterocycles. The highest BCUT2D eigenvalue weighted by atomic mass is 35.5. The maximum absolute atomic E-state index is 12.0. The van der Waals surface area contributed by atoms with E-state index in [4.69, 9.17) is 11.6 Å². The number of rotatable bonds is 4. The van der Waals surface area contributed by atoms with E-state index in [1.807, 2.05) is 31.2 Å². The average Bonchev–Trinajstić information content (AvgIpc) is 3.11. The number of carbonyl (C=O) groups is 2. The Labute approximate surface area is 143 Å². The normalized spacial score (nSPS) is 17.1. The van der Waals surface area contributed by atoms with Crippen molar-refractivity contribution in [2.24, 2.45) is 0 Å². The summed E-state index contributed by atoms with van der Waals surface area (Å²) in [6.07, 6.45) is 0.964. The fraction of sp³-hybridized carbons (Fsp3) is 0.312. The zero-order valence-corrected chi connectivity index (χ0v) is 14.1. The minimum atomic E-state index is -0.418. The van der Waals surface area contributed by atoms with Crippen LogP contribution in [-0.4, -0.2) is 22.8 Å². The van der Waals surface area contributed by atoms with Crippen molar-refractivity contribution in [1.82, 2.24) is 15.6 Å². The third-order valence-electron chi connectivity index (χ3n) is 3.73. The molecule has 1 aromatic heterocycles. The van der Waals surface area contributed by atoms with Gasteiger partial charge in [0.15, 0.2) is 0 Å². The summed E-state index contributed by atoms with van der Waals surface area (Å²) < 4.78 is 0. The molecule has 1 fully saturated rings. The Kier molecular flexibility index (Phi) is 4.63. The highest BCUT2D eigenvalue weighted by molar-refractivity contribution is 7.15. The number of amides is 2. The van der Waals surface area contributed by atoms with Crippen molar-refractivity contribution in [3.63, 3.8) is 0 Å². The van der Waals surface area contributed by atoms with Gasteiger partial charge < -0.3 is 10.6 Å². The Morgan fingerprint density at radius 1 is 1.48 bits per heavy atom. The average molecular weight is 350 g/mol. The number of benzene rings is 1. The first-order valence-corrected chi connectivity index (χ1v) is 8.52. The first-order chi connectivity index (χ1) is 11.0. The van der Waals surface area contributed by atoms with Gasteiger partial charge in [-0.2, -0.15) is 0 Å². The molecular weight excluding hydrogens is 334 g/mol. The van der Waals surface area contributed by atoms with E-state index in [1.54, 1.807) is 0 Å². The second kappa shape index (κ2) is 6.68. The first-order valence-electron chi connectivity index (χ1n) is 7.33. The summed E-state index contributed by atoms with van der Waals surface area (Å²) in [5.74, 6) is -0.219. The Bertz CT molecular complexity index is 760. The molecule has 0 unspecified atom stereocenters. The fourth-order valence-corrected chi connectivity index (χ4v) is 3.77. The van der Waals surface area contributed by atoms with Crippen LogP contribution in [0.25, 0.3) is 10.6 Å². The van der Waals surface area contributed by atoms with Crippen LogP contribution in [0.1, 0.15) is 23.4 Å². The van der Waals surface area contributed by atoms with Crippen molar-refractivity contribution < 1.29 is 9.59 Å². The van der Waals surface area contributed by atoms with E-state index in [-0.39, 0.29) is 11.8 Å². The van der Waals surface area contributed by atoms with Gasteiger partial charge in [-0.3, -0.25) is 9.59 Å². The van der Waals surface area contributed by atoms with Gasteiger partial charge in [0.2, 0.25) is 11.8 Å². The predicted octanol–water partition coefficient (Wildman–Crippen LogP) is 2.67. The van der Waals surface area contributed by atoms with E-state index in [0.29, 0.717) is 24.4 Å². The van der Waals surface area contributed by atoms with Crippen LogP contribution in [0.5, 0.6) is 0 Å². The summed E-state index contributed by atoms with van der Waals surface area (Å²) in [5.41, 5.74) is 1.77. The highest BCUT2D eigenvalue weighted by Gasteiger charge is 2.27. The first kappa shape index (κ1) is 16.0. The molecular formula is C16H16ClN3O2S. The molecule has 0 spiro atoms. The minimum absolute atomic E-state index is 0.0693. The molecule has 0 saturated carbocycles. The molecule has 0 bridgehead atoms. The monoisotopic (exact) mass is 349 g/mol. The molecule has 23 heavy (non-hydrogen) atoms. The van der Waals surface area contributed by atoms with Gasteiger partial charge >= 0.3 is 0 Å². The molecule has 2 amide bonds. The van der Waals surface area contributed by atoms with Crippen LogP contribution >= 0.6 is 22.9 Å². The molecule has 120 valence electrons. The lowest BCUT2D eigenvalue weighted by Gasteiger charge is -2.10. The topological polar surface area (TPSA) is 71.1 Å². The van der Waals surface area contributed by atoms with Gasteiger partial charge in [-0.25, -0.2) is 4.98 Å². The number of hydrogen-bond donors (Lipinski definition) is 2. The standard InChI is InChI=1S/C16H16ClN3O2S/c1-9-13(8-18-15(22)12-6-7-14(21)20-12)23-16(19-9)10-4-2-3-5-11(10)17/h2-5,12H,6-8H2,1H3,(H,18,22)(H,20,21)/t12-/m1/s1. The number of thiazole rings is 1. The van der Waals surface area contributed by atoms with Crippen LogP contribution in [-0.2, 0) is 16.1 Å². The van der Waals surface area contributed by atoms with Gasteiger partial charge in [-0.05, 0) is 19.4 Å². The van der Waals surface area contributed by atoms with Crippen molar-refractivity contribution in [2.75, 3.05) is 0 Å². The SMILES string of the molecule is Cc1nc(-c2ccccc2Cl)sc1CNC(=O)[C@H]1CCC(=O)N1. The molecule has 3 rings (SSSR count). The summed E-state index contributed by atoms with van der Waals surface area (Å²) in [7, 11) is 0. The summed E-state index contributed by atoms with van der Waals surface area (Å²) >= 11 is 7.72. The van der Waals surface area contributed by atoms with E-state index >= 15 is 0 Å². The largest absolute Gasteiger partial charge is 0.349 e. The number of aryl methyl sites for hydroxylation is 1. The smallest absolute Gasteiger partial charge is 0.242 e. The molecule has 1 aliphatic heterocycles. The third-order valence-corrected chi connectivity index (χ3v) is 5.25. The number of carbonyl (C=O) groups excluding carboxylic acids is 2. The Hall–Kier alpha value is -1.92.